The van der Waals surface area contributed by atoms with Gasteiger partial charge in [0.1, 0.15) is 11.6 Å². The van der Waals surface area contributed by atoms with Crippen molar-refractivity contribution < 1.29 is 23.8 Å². The molecule has 0 saturated carbocycles. The van der Waals surface area contributed by atoms with Crippen LogP contribution in [-0.4, -0.2) is 47.6 Å². The van der Waals surface area contributed by atoms with Crippen molar-refractivity contribution in [2.45, 2.75) is 24.9 Å². The number of benzene rings is 1. The molecule has 1 aliphatic heterocycles. The molecule has 0 aliphatic carbocycles. The Hall–Kier alpha value is -2.15. The first kappa shape index (κ1) is 16.2. The highest BCUT2D eigenvalue weighted by Crippen LogP contribution is 2.24. The molecule has 0 unspecified atom stereocenters. The number of nitrogens with zero attached hydrogens (tertiary/aromatic N) is 1. The van der Waals surface area contributed by atoms with Gasteiger partial charge >= 0.3 is 0 Å². The molecule has 22 heavy (non-hydrogen) atoms. The van der Waals surface area contributed by atoms with Crippen LogP contribution in [0.5, 0.6) is 5.75 Å². The Morgan fingerprint density at radius 1 is 1.50 bits per heavy atom. The van der Waals surface area contributed by atoms with E-state index in [9.17, 15) is 19.1 Å². The van der Waals surface area contributed by atoms with Gasteiger partial charge in [-0.05, 0) is 31.0 Å². The summed E-state index contributed by atoms with van der Waals surface area (Å²) >= 11 is 0. The van der Waals surface area contributed by atoms with Crippen molar-refractivity contribution >= 4 is 11.8 Å². The molecule has 1 aromatic carbocycles. The molecule has 2 rings (SSSR count). The predicted molar refractivity (Wildman–Crippen MR) is 76.6 cm³/mol. The number of carbonyl (C=O) groups excluding carboxylic acids is 2. The number of β-amino-alcohol motifs (C(OH)–C–C–N with tert-alkyl or cyclic N) is 1. The van der Waals surface area contributed by atoms with E-state index in [2.05, 4.69) is 0 Å². The molecule has 3 N–H and O–H groups in total. The number of hydrogen-bond acceptors (Lipinski definition) is 4. The summed E-state index contributed by atoms with van der Waals surface area (Å²) in [5, 5.41) is 10.1. The topological polar surface area (TPSA) is 92.9 Å². The first-order chi connectivity index (χ1) is 10.4. The first-order valence-electron chi connectivity index (χ1n) is 6.98. The van der Waals surface area contributed by atoms with Gasteiger partial charge in [0.25, 0.3) is 5.91 Å². The number of halogens is 1. The van der Waals surface area contributed by atoms with E-state index in [0.29, 0.717) is 24.3 Å². The number of primary amides is 1. The van der Waals surface area contributed by atoms with Gasteiger partial charge in [0.15, 0.2) is 5.60 Å². The van der Waals surface area contributed by atoms with E-state index in [1.54, 1.807) is 0 Å². The number of hydrogen-bond donors (Lipinski definition) is 2. The molecule has 6 nitrogen and oxygen atoms in total. The Labute approximate surface area is 127 Å². The van der Waals surface area contributed by atoms with Crippen molar-refractivity contribution in [2.75, 3.05) is 20.2 Å². The van der Waals surface area contributed by atoms with Crippen molar-refractivity contribution in [2.24, 2.45) is 5.73 Å². The number of piperidine rings is 1. The number of amides is 2. The van der Waals surface area contributed by atoms with Crippen LogP contribution in [0.4, 0.5) is 4.39 Å². The molecule has 0 bridgehead atoms. The van der Waals surface area contributed by atoms with Crippen LogP contribution >= 0.6 is 0 Å². The summed E-state index contributed by atoms with van der Waals surface area (Å²) in [6.45, 7) is 0.283. The molecular weight excluding hydrogens is 291 g/mol. The Morgan fingerprint density at radius 2 is 2.23 bits per heavy atom. The molecule has 1 aliphatic rings. The molecule has 1 atom stereocenters. The van der Waals surface area contributed by atoms with Gasteiger partial charge in [0.05, 0.1) is 20.1 Å². The van der Waals surface area contributed by atoms with E-state index < -0.39 is 17.3 Å². The second kappa shape index (κ2) is 6.31. The Kier molecular flexibility index (Phi) is 4.65. The Bertz CT molecular complexity index is 593. The fourth-order valence-corrected chi connectivity index (χ4v) is 2.61. The van der Waals surface area contributed by atoms with E-state index in [1.807, 2.05) is 0 Å². The van der Waals surface area contributed by atoms with Gasteiger partial charge in [-0.3, -0.25) is 9.59 Å². The summed E-state index contributed by atoms with van der Waals surface area (Å²) in [4.78, 5) is 25.0. The van der Waals surface area contributed by atoms with Crippen LogP contribution in [0.2, 0.25) is 0 Å². The zero-order valence-electron chi connectivity index (χ0n) is 12.3. The Balaban J connectivity index is 2.12. The van der Waals surface area contributed by atoms with Crippen molar-refractivity contribution in [1.29, 1.82) is 0 Å². The standard InChI is InChI=1S/C15H19FN2O4/c1-22-12-4-3-11(16)7-10(12)8-13(19)18-6-2-5-15(21,9-18)14(17)20/h3-4,7,21H,2,5-6,8-9H2,1H3,(H2,17,20)/t15-/m0/s1. The predicted octanol–water partition coefficient (Wildman–Crippen LogP) is 0.216. The molecular formula is C15H19FN2O4. The molecule has 0 aromatic heterocycles. The van der Waals surface area contributed by atoms with Crippen LogP contribution < -0.4 is 10.5 Å². The normalized spacial score (nSPS) is 21.5. The van der Waals surface area contributed by atoms with Gasteiger partial charge in [-0.2, -0.15) is 0 Å². The minimum absolute atomic E-state index is 0.0736. The van der Waals surface area contributed by atoms with Crippen LogP contribution in [0.1, 0.15) is 18.4 Å². The van der Waals surface area contributed by atoms with Gasteiger partial charge in [-0.25, -0.2) is 4.39 Å². The van der Waals surface area contributed by atoms with Crippen molar-refractivity contribution in [3.05, 3.63) is 29.6 Å². The van der Waals surface area contributed by atoms with Gasteiger partial charge in [-0.1, -0.05) is 0 Å². The maximum atomic E-state index is 13.3. The molecule has 0 radical (unpaired) electrons. The number of likely N-dealkylation sites (tertiary alicyclic amines) is 1. The summed E-state index contributed by atoms with van der Waals surface area (Å²) in [5.74, 6) is -1.20. The molecule has 120 valence electrons. The lowest BCUT2D eigenvalue weighted by atomic mass is 9.92. The minimum atomic E-state index is -1.69. The zero-order valence-corrected chi connectivity index (χ0v) is 12.3. The van der Waals surface area contributed by atoms with E-state index in [4.69, 9.17) is 10.5 Å². The number of methoxy groups -OCH3 is 1. The first-order valence-corrected chi connectivity index (χ1v) is 6.98. The summed E-state index contributed by atoms with van der Waals surface area (Å²) in [6.07, 6.45) is 0.636. The van der Waals surface area contributed by atoms with E-state index in [-0.39, 0.29) is 25.3 Å². The molecule has 1 saturated heterocycles. The second-order valence-electron chi connectivity index (χ2n) is 5.45. The third-order valence-electron chi connectivity index (χ3n) is 3.87. The SMILES string of the molecule is COc1ccc(F)cc1CC(=O)N1CCC[C@@](O)(C(N)=O)C1. The van der Waals surface area contributed by atoms with Crippen LogP contribution in [0.15, 0.2) is 18.2 Å². The third kappa shape index (κ3) is 3.36. The van der Waals surface area contributed by atoms with E-state index in [0.717, 1.165) is 0 Å². The summed E-state index contributed by atoms with van der Waals surface area (Å²) in [7, 11) is 1.44. The average Bonchev–Trinajstić information content (AvgIpc) is 2.47. The molecule has 1 fully saturated rings. The van der Waals surface area contributed by atoms with Crippen LogP contribution in [0.25, 0.3) is 0 Å². The number of ether oxygens (including phenoxy) is 1. The fraction of sp³-hybridized carbons (Fsp3) is 0.467. The summed E-state index contributed by atoms with van der Waals surface area (Å²) in [6, 6.07) is 3.94. The second-order valence-corrected chi connectivity index (χ2v) is 5.45. The van der Waals surface area contributed by atoms with Crippen molar-refractivity contribution in [1.82, 2.24) is 4.90 Å². The van der Waals surface area contributed by atoms with Gasteiger partial charge in [-0.15, -0.1) is 0 Å². The monoisotopic (exact) mass is 310 g/mol. The average molecular weight is 310 g/mol. The maximum absolute atomic E-state index is 13.3. The molecule has 0 spiro atoms. The number of nitrogens with two attached hydrogens (primary N) is 1. The van der Waals surface area contributed by atoms with Crippen LogP contribution in [0.3, 0.4) is 0 Å². The fourth-order valence-electron chi connectivity index (χ4n) is 2.61. The van der Waals surface area contributed by atoms with Crippen molar-refractivity contribution in [3.8, 4) is 5.75 Å². The highest BCUT2D eigenvalue weighted by Gasteiger charge is 2.40. The molecule has 1 heterocycles. The van der Waals surface area contributed by atoms with Crippen molar-refractivity contribution in [3.63, 3.8) is 0 Å². The van der Waals surface area contributed by atoms with E-state index >= 15 is 0 Å². The zero-order chi connectivity index (χ0) is 16.3. The summed E-state index contributed by atoms with van der Waals surface area (Å²) < 4.78 is 18.4. The highest BCUT2D eigenvalue weighted by molar-refractivity contribution is 5.85. The smallest absolute Gasteiger partial charge is 0.251 e. The lowest BCUT2D eigenvalue weighted by molar-refractivity contribution is -0.148. The van der Waals surface area contributed by atoms with E-state index in [1.165, 1.54) is 30.2 Å². The Morgan fingerprint density at radius 3 is 2.86 bits per heavy atom. The van der Waals surface area contributed by atoms with Gasteiger partial charge in [0, 0.05) is 12.1 Å². The lowest BCUT2D eigenvalue weighted by Gasteiger charge is -2.37. The molecule has 2 amide bonds. The lowest BCUT2D eigenvalue weighted by Crippen LogP contribution is -2.57. The minimum Gasteiger partial charge on any atom is -0.496 e. The largest absolute Gasteiger partial charge is 0.496 e. The number of carbonyl (C=O) groups is 2. The number of aliphatic hydroxyl groups is 1. The molecule has 7 heteroatoms. The highest BCUT2D eigenvalue weighted by atomic mass is 19.1. The van der Waals surface area contributed by atoms with Crippen LogP contribution in [-0.2, 0) is 16.0 Å². The third-order valence-corrected chi connectivity index (χ3v) is 3.87. The maximum Gasteiger partial charge on any atom is 0.251 e. The van der Waals surface area contributed by atoms with Crippen LogP contribution in [0, 0.1) is 5.82 Å². The van der Waals surface area contributed by atoms with Gasteiger partial charge < -0.3 is 20.5 Å². The quantitative estimate of drug-likeness (QED) is 0.832. The van der Waals surface area contributed by atoms with Gasteiger partial charge in [0.2, 0.25) is 5.91 Å². The summed E-state index contributed by atoms with van der Waals surface area (Å²) in [5.41, 5.74) is 3.91. The molecule has 1 aromatic rings. The number of rotatable bonds is 4.